The number of rotatable bonds is 9. The molecule has 0 atom stereocenters. The van der Waals surface area contributed by atoms with Crippen LogP contribution in [0.4, 0.5) is 0 Å². The molecule has 0 saturated carbocycles. The number of aliphatic imine (C=N–C) groups is 1. The van der Waals surface area contributed by atoms with Gasteiger partial charge in [-0.05, 0) is 50.3 Å². The van der Waals surface area contributed by atoms with Gasteiger partial charge in [0.25, 0.3) is 5.91 Å². The molecule has 0 aliphatic rings. The van der Waals surface area contributed by atoms with E-state index >= 15 is 0 Å². The normalized spacial score (nSPS) is 11.4. The Kier molecular flexibility index (Phi) is 8.94. The number of hydrogen-bond donors (Lipinski definition) is 2. The number of guanidine groups is 1. The van der Waals surface area contributed by atoms with E-state index in [1.807, 2.05) is 31.2 Å². The molecule has 1 amide bonds. The van der Waals surface area contributed by atoms with Gasteiger partial charge in [0.15, 0.2) is 5.96 Å². The number of nitrogens with zero attached hydrogens (tertiary/aromatic N) is 3. The van der Waals surface area contributed by atoms with Crippen molar-refractivity contribution < 1.29 is 4.79 Å². The topological polar surface area (TPSA) is 69.6 Å². The molecule has 7 heteroatoms. The molecule has 0 aliphatic carbocycles. The first-order valence-corrected chi connectivity index (χ1v) is 10.5. The molecule has 0 fully saturated rings. The van der Waals surface area contributed by atoms with Crippen LogP contribution >= 0.6 is 11.3 Å². The standard InChI is InChI=1S/C21H31N5OS/c1-16-15-28-19(25-16)10-5-6-12-23-21(22-2)24-13-11-17-8-7-9-18(14-17)20(27)26(3)4/h7-9,14-15H,5-6,10-13H2,1-4H3,(H2,22,23,24). The van der Waals surface area contributed by atoms with E-state index in [0.717, 1.165) is 61.6 Å². The summed E-state index contributed by atoms with van der Waals surface area (Å²) in [5.41, 5.74) is 2.97. The highest BCUT2D eigenvalue weighted by atomic mass is 32.1. The minimum atomic E-state index is 0.0280. The summed E-state index contributed by atoms with van der Waals surface area (Å²) in [6, 6.07) is 7.79. The molecule has 6 nitrogen and oxygen atoms in total. The van der Waals surface area contributed by atoms with Gasteiger partial charge < -0.3 is 15.5 Å². The van der Waals surface area contributed by atoms with E-state index in [1.54, 1.807) is 37.4 Å². The van der Waals surface area contributed by atoms with E-state index in [4.69, 9.17) is 0 Å². The summed E-state index contributed by atoms with van der Waals surface area (Å²) in [6.45, 7) is 3.68. The number of hydrogen-bond acceptors (Lipinski definition) is 4. The summed E-state index contributed by atoms with van der Waals surface area (Å²) in [7, 11) is 5.32. The van der Waals surface area contributed by atoms with Crippen molar-refractivity contribution in [3.63, 3.8) is 0 Å². The molecule has 1 heterocycles. The molecule has 28 heavy (non-hydrogen) atoms. The number of carbonyl (C=O) groups is 1. The number of nitrogens with one attached hydrogen (secondary N) is 2. The van der Waals surface area contributed by atoms with Gasteiger partial charge >= 0.3 is 0 Å². The van der Waals surface area contributed by atoms with Crippen LogP contribution in [0.1, 0.15) is 39.5 Å². The highest BCUT2D eigenvalue weighted by molar-refractivity contribution is 7.09. The SMILES string of the molecule is CN=C(NCCCCc1nc(C)cs1)NCCc1cccc(C(=O)N(C)C)c1. The monoisotopic (exact) mass is 401 g/mol. The molecule has 0 radical (unpaired) electrons. The second-order valence-corrected chi connectivity index (χ2v) is 7.86. The largest absolute Gasteiger partial charge is 0.356 e. The average molecular weight is 402 g/mol. The van der Waals surface area contributed by atoms with Crippen LogP contribution in [-0.2, 0) is 12.8 Å². The molecule has 0 aliphatic heterocycles. The van der Waals surface area contributed by atoms with Crippen molar-refractivity contribution in [1.82, 2.24) is 20.5 Å². The first-order chi connectivity index (χ1) is 13.5. The van der Waals surface area contributed by atoms with Gasteiger partial charge in [0.2, 0.25) is 0 Å². The van der Waals surface area contributed by atoms with Crippen LogP contribution in [0, 0.1) is 6.92 Å². The fraction of sp³-hybridized carbons (Fsp3) is 0.476. The quantitative estimate of drug-likeness (QED) is 0.385. The van der Waals surface area contributed by atoms with E-state index in [-0.39, 0.29) is 5.91 Å². The Morgan fingerprint density at radius 1 is 1.18 bits per heavy atom. The van der Waals surface area contributed by atoms with Crippen molar-refractivity contribution >= 4 is 23.2 Å². The zero-order valence-corrected chi connectivity index (χ0v) is 18.1. The molecule has 0 unspecified atom stereocenters. The van der Waals surface area contributed by atoms with Crippen molar-refractivity contribution in [3.05, 3.63) is 51.5 Å². The van der Waals surface area contributed by atoms with Crippen LogP contribution in [0.3, 0.4) is 0 Å². The van der Waals surface area contributed by atoms with Crippen molar-refractivity contribution in [3.8, 4) is 0 Å². The third kappa shape index (κ3) is 7.31. The predicted octanol–water partition coefficient (Wildman–Crippen LogP) is 2.88. The van der Waals surface area contributed by atoms with Crippen molar-refractivity contribution in [1.29, 1.82) is 0 Å². The first-order valence-electron chi connectivity index (χ1n) is 9.65. The van der Waals surface area contributed by atoms with Gasteiger partial charge in [0.05, 0.1) is 5.01 Å². The molecular formula is C21H31N5OS. The van der Waals surface area contributed by atoms with Crippen molar-refractivity contribution in [2.24, 2.45) is 4.99 Å². The lowest BCUT2D eigenvalue weighted by molar-refractivity contribution is 0.0827. The van der Waals surface area contributed by atoms with E-state index in [0.29, 0.717) is 0 Å². The molecular weight excluding hydrogens is 370 g/mol. The minimum absolute atomic E-state index is 0.0280. The lowest BCUT2D eigenvalue weighted by Crippen LogP contribution is -2.38. The Hall–Kier alpha value is -2.41. The number of carbonyl (C=O) groups excluding carboxylic acids is 1. The molecule has 2 N–H and O–H groups in total. The van der Waals surface area contributed by atoms with Crippen molar-refractivity contribution in [2.75, 3.05) is 34.2 Å². The second kappa shape index (κ2) is 11.4. The highest BCUT2D eigenvalue weighted by Crippen LogP contribution is 2.11. The smallest absolute Gasteiger partial charge is 0.253 e. The summed E-state index contributed by atoms with van der Waals surface area (Å²) < 4.78 is 0. The minimum Gasteiger partial charge on any atom is -0.356 e. The van der Waals surface area contributed by atoms with E-state index in [2.05, 4.69) is 26.0 Å². The Morgan fingerprint density at radius 3 is 2.64 bits per heavy atom. The van der Waals surface area contributed by atoms with Gasteiger partial charge in [0, 0.05) is 50.9 Å². The number of aryl methyl sites for hydroxylation is 2. The maximum atomic E-state index is 12.1. The lowest BCUT2D eigenvalue weighted by Gasteiger charge is -2.13. The molecule has 0 spiro atoms. The van der Waals surface area contributed by atoms with Gasteiger partial charge in [0.1, 0.15) is 0 Å². The van der Waals surface area contributed by atoms with Crippen LogP contribution in [0.5, 0.6) is 0 Å². The predicted molar refractivity (Wildman–Crippen MR) is 117 cm³/mol. The number of thiazole rings is 1. The molecule has 152 valence electrons. The average Bonchev–Trinajstić information content (AvgIpc) is 3.11. The molecule has 0 bridgehead atoms. The maximum absolute atomic E-state index is 12.1. The maximum Gasteiger partial charge on any atom is 0.253 e. The van der Waals surface area contributed by atoms with Crippen molar-refractivity contribution in [2.45, 2.75) is 32.6 Å². The van der Waals surface area contributed by atoms with Crippen LogP contribution < -0.4 is 10.6 Å². The fourth-order valence-electron chi connectivity index (χ4n) is 2.79. The van der Waals surface area contributed by atoms with E-state index < -0.39 is 0 Å². The van der Waals surface area contributed by atoms with Gasteiger partial charge in [-0.1, -0.05) is 12.1 Å². The number of aromatic nitrogens is 1. The summed E-state index contributed by atoms with van der Waals surface area (Å²) in [5, 5.41) is 10.0. The third-order valence-electron chi connectivity index (χ3n) is 4.29. The highest BCUT2D eigenvalue weighted by Gasteiger charge is 2.08. The number of benzene rings is 1. The van der Waals surface area contributed by atoms with Gasteiger partial charge in [-0.15, -0.1) is 11.3 Å². The molecule has 2 rings (SSSR count). The van der Waals surface area contributed by atoms with Gasteiger partial charge in [-0.3, -0.25) is 9.79 Å². The summed E-state index contributed by atoms with van der Waals surface area (Å²) >= 11 is 1.74. The molecule has 1 aromatic heterocycles. The van der Waals surface area contributed by atoms with Crippen LogP contribution in [-0.4, -0.2) is 56.0 Å². The summed E-state index contributed by atoms with van der Waals surface area (Å²) in [5.74, 6) is 0.839. The third-order valence-corrected chi connectivity index (χ3v) is 5.31. The molecule has 2 aromatic rings. The van der Waals surface area contributed by atoms with Gasteiger partial charge in [-0.25, -0.2) is 4.98 Å². The Bertz CT molecular complexity index is 785. The molecule has 0 saturated heterocycles. The van der Waals surface area contributed by atoms with Gasteiger partial charge in [-0.2, -0.15) is 0 Å². The van der Waals surface area contributed by atoms with Crippen LogP contribution in [0.2, 0.25) is 0 Å². The zero-order chi connectivity index (χ0) is 20.4. The number of unbranched alkanes of at least 4 members (excludes halogenated alkanes) is 1. The lowest BCUT2D eigenvalue weighted by atomic mass is 10.1. The van der Waals surface area contributed by atoms with Crippen LogP contribution in [0.15, 0.2) is 34.6 Å². The summed E-state index contributed by atoms with van der Waals surface area (Å²) in [4.78, 5) is 22.4. The Labute approximate surface area is 172 Å². The first kappa shape index (κ1) is 21.9. The fourth-order valence-corrected chi connectivity index (χ4v) is 3.61. The second-order valence-electron chi connectivity index (χ2n) is 6.92. The Morgan fingerprint density at radius 2 is 1.96 bits per heavy atom. The van der Waals surface area contributed by atoms with E-state index in [1.165, 1.54) is 5.01 Å². The number of amides is 1. The Balaban J connectivity index is 1.66. The molecule has 1 aromatic carbocycles. The van der Waals surface area contributed by atoms with E-state index in [9.17, 15) is 4.79 Å². The zero-order valence-electron chi connectivity index (χ0n) is 17.3. The summed E-state index contributed by atoms with van der Waals surface area (Å²) in [6.07, 6.45) is 4.06. The van der Waals surface area contributed by atoms with Crippen LogP contribution in [0.25, 0.3) is 0 Å².